The average Bonchev–Trinajstić information content (AvgIpc) is 1.38. The maximum Gasteiger partial charge on any atom is 0.573 e. The van der Waals surface area contributed by atoms with E-state index in [2.05, 4.69) is 25.9 Å². The number of carboxylic acids is 2. The number of aromatic carboxylic acids is 1. The Morgan fingerprint density at radius 1 is 0.538 bits per heavy atom. The zero-order valence-electron chi connectivity index (χ0n) is 55.7. The number of hydrogen-bond donors (Lipinski definition) is 2. The molecule has 0 atom stereocenters. The maximum atomic E-state index is 14.9. The quantitative estimate of drug-likeness (QED) is 0.0456. The fourth-order valence-corrected chi connectivity index (χ4v) is 19.8. The minimum atomic E-state index is -4.80. The molecule has 104 heavy (non-hydrogen) atoms. The number of aryl methyl sites for hydroxylation is 3. The molecule has 0 fully saturated rings. The zero-order chi connectivity index (χ0) is 75.9. The number of rotatable bonds is 27. The zero-order valence-corrected chi connectivity index (χ0v) is 60.6. The molecule has 0 spiro atoms. The summed E-state index contributed by atoms with van der Waals surface area (Å²) in [6.45, 7) is 9.89. The number of benzene rings is 7. The van der Waals surface area contributed by atoms with Crippen LogP contribution < -0.4 is 27.1 Å². The predicted octanol–water partition coefficient (Wildman–Crippen LogP) is 18.5. The first-order valence-electron chi connectivity index (χ1n) is 31.2. The second-order valence-corrected chi connectivity index (χ2v) is 32.6. The van der Waals surface area contributed by atoms with E-state index in [1.165, 1.54) is 104 Å². The van der Waals surface area contributed by atoms with Crippen molar-refractivity contribution in [2.45, 2.75) is 110 Å². The summed E-state index contributed by atoms with van der Waals surface area (Å²) in [4.78, 5) is 26.0. The van der Waals surface area contributed by atoms with Crippen LogP contribution in [-0.2, 0) is 59.3 Å². The molecule has 2 N–H and O–H groups in total. The number of hydrogen-bond acceptors (Lipinski definition) is 16. The summed E-state index contributed by atoms with van der Waals surface area (Å²) in [6.07, 6.45) is -10.5. The van der Waals surface area contributed by atoms with Crippen LogP contribution in [0.2, 0.25) is 0 Å². The molecule has 1 aliphatic heterocycles. The van der Waals surface area contributed by atoms with E-state index in [0.717, 1.165) is 62.7 Å². The van der Waals surface area contributed by atoms with E-state index in [0.29, 0.717) is 83.3 Å². The number of oxime groups is 1. The monoisotopic (exact) mass is 1560 g/mol. The molecule has 0 unspecified atom stereocenters. The van der Waals surface area contributed by atoms with Crippen LogP contribution in [0.25, 0.3) is 30.3 Å². The third-order valence-corrected chi connectivity index (χ3v) is 25.1. The van der Waals surface area contributed by atoms with E-state index >= 15 is 0 Å². The van der Waals surface area contributed by atoms with Crippen LogP contribution in [0.4, 0.5) is 54.5 Å². The van der Waals surface area contributed by atoms with Crippen molar-refractivity contribution in [1.82, 2.24) is 0 Å². The molecule has 3 aromatic heterocycles. The highest BCUT2D eigenvalue weighted by Crippen LogP contribution is 2.44. The lowest BCUT2D eigenvalue weighted by Gasteiger charge is -2.25. The molecule has 1 aliphatic rings. The van der Waals surface area contributed by atoms with Crippen molar-refractivity contribution in [3.8, 4) is 17.2 Å². The molecule has 4 heterocycles. The average molecular weight is 1560 g/mol. The Kier molecular flexibility index (Phi) is 24.5. The number of ether oxygens (including phenoxy) is 3. The minimum absolute atomic E-state index is 0.0174. The molecule has 0 aliphatic carbocycles. The topological polar surface area (TPSA) is 236 Å². The Bertz CT molecular complexity index is 5180. The molecule has 10 aromatic rings. The van der Waals surface area contributed by atoms with Crippen LogP contribution >= 0.6 is 34.0 Å². The van der Waals surface area contributed by atoms with Gasteiger partial charge in [0.05, 0.1) is 42.4 Å². The van der Waals surface area contributed by atoms with Gasteiger partial charge in [-0.3, -0.25) is 17.7 Å². The van der Waals surface area contributed by atoms with Crippen molar-refractivity contribution in [3.05, 3.63) is 221 Å². The number of alkyl halides is 7. The van der Waals surface area contributed by atoms with Crippen LogP contribution in [0.1, 0.15) is 89.7 Å². The molecule has 552 valence electrons. The first kappa shape index (κ1) is 78.7. The maximum absolute atomic E-state index is 14.9. The van der Waals surface area contributed by atoms with Crippen molar-refractivity contribution in [2.75, 3.05) is 24.4 Å². The number of aliphatic carboxylic acids is 1. The van der Waals surface area contributed by atoms with Gasteiger partial charge in [-0.15, -0.1) is 47.2 Å². The Hall–Kier alpha value is -9.41. The fourth-order valence-electron chi connectivity index (χ4n) is 10.7. The number of halogens is 9. The van der Waals surface area contributed by atoms with Gasteiger partial charge < -0.3 is 29.3 Å². The highest BCUT2D eigenvalue weighted by atomic mass is 32.2. The van der Waals surface area contributed by atoms with Gasteiger partial charge in [0.15, 0.2) is 0 Å². The molecule has 11 rings (SSSR count). The largest absolute Gasteiger partial charge is 0.573 e. The van der Waals surface area contributed by atoms with Crippen LogP contribution in [0.5, 0.6) is 17.2 Å². The summed E-state index contributed by atoms with van der Waals surface area (Å²) < 4.78 is 219. The van der Waals surface area contributed by atoms with Crippen LogP contribution in [0.3, 0.4) is 0 Å². The second kappa shape index (κ2) is 32.3. The van der Waals surface area contributed by atoms with Crippen molar-refractivity contribution >= 4 is 127 Å². The first-order chi connectivity index (χ1) is 48.8. The summed E-state index contributed by atoms with van der Waals surface area (Å²) in [5.41, 5.74) is 3.39. The Morgan fingerprint density at radius 3 is 1.27 bits per heavy atom. The van der Waals surface area contributed by atoms with E-state index < -0.39 is 82.7 Å². The van der Waals surface area contributed by atoms with Crippen LogP contribution in [-0.4, -0.2) is 83.2 Å². The number of sulfonamides is 3. The highest BCUT2D eigenvalue weighted by molar-refractivity contribution is 7.93. The normalized spacial score (nSPS) is 12.8. The van der Waals surface area contributed by atoms with E-state index in [4.69, 9.17) is 15.1 Å². The van der Waals surface area contributed by atoms with Gasteiger partial charge in [-0.2, -0.15) is 17.6 Å². The van der Waals surface area contributed by atoms with Gasteiger partial charge in [0.1, 0.15) is 54.5 Å². The number of thiophene rings is 3. The molecule has 0 bridgehead atoms. The number of anilines is 3. The van der Waals surface area contributed by atoms with Gasteiger partial charge in [0.25, 0.3) is 10.0 Å². The van der Waals surface area contributed by atoms with Crippen LogP contribution in [0, 0.1) is 32.4 Å². The molecule has 0 radical (unpaired) electrons. The summed E-state index contributed by atoms with van der Waals surface area (Å²) in [5, 5.41) is 25.8. The Morgan fingerprint density at radius 2 is 0.913 bits per heavy atom. The van der Waals surface area contributed by atoms with Gasteiger partial charge >= 0.3 is 30.5 Å². The van der Waals surface area contributed by atoms with Gasteiger partial charge in [0.2, 0.25) is 20.0 Å². The Balaban J connectivity index is 0.000000181. The smallest absolute Gasteiger partial charge is 0.481 e. The van der Waals surface area contributed by atoms with Crippen molar-refractivity contribution in [3.63, 3.8) is 0 Å². The summed E-state index contributed by atoms with van der Waals surface area (Å²) in [6, 6.07) is 39.2. The van der Waals surface area contributed by atoms with E-state index in [1.54, 1.807) is 31.2 Å². The number of carbonyl (C=O) groups is 2. The number of fused-ring (bicyclic) bond motifs is 3. The van der Waals surface area contributed by atoms with E-state index in [-0.39, 0.29) is 66.2 Å². The molecule has 0 saturated heterocycles. The lowest BCUT2D eigenvalue weighted by molar-refractivity contribution is -0.274. The molecule has 7 aromatic carbocycles. The molecule has 18 nitrogen and oxygen atoms in total. The van der Waals surface area contributed by atoms with Crippen LogP contribution in [0.15, 0.2) is 180 Å². The first-order valence-corrected chi connectivity index (χ1v) is 38.4. The SMILES string of the molecule is C=C1CC(CCCS(=O)(=O)N(Cc2ccc(OC(F)(F)F)cc2)c2sc3ccccc3c2C)=NO1.Cc1c(N(Cc2ccc(OC(C)(F)F)cc2)S(=O)(=O)CCCC(=O)O)sc2ccccc12.Cc1c(N(Cc2ccc(OC(C)(F)F)cc2)S(=O)(=O)c2cc(F)c(C(=O)O)cc2F)sc2ccccc12. The molecular weight excluding hydrogens is 1500 g/mol. The van der Waals surface area contributed by atoms with Crippen molar-refractivity contribution in [2.24, 2.45) is 5.16 Å². The highest BCUT2D eigenvalue weighted by Gasteiger charge is 2.36. The second-order valence-electron chi connectivity index (χ2n) is 23.7. The summed E-state index contributed by atoms with van der Waals surface area (Å²) in [7, 11) is -12.4. The lowest BCUT2D eigenvalue weighted by Crippen LogP contribution is -2.32. The molecule has 33 heteroatoms. The number of allylic oxidation sites excluding steroid dienone is 1. The van der Waals surface area contributed by atoms with Crippen molar-refractivity contribution < 1.29 is 104 Å². The summed E-state index contributed by atoms with van der Waals surface area (Å²) in [5.74, 6) is -6.13. The van der Waals surface area contributed by atoms with E-state index in [1.807, 2.05) is 62.4 Å². The number of carboxylic acid groups (broad SMARTS) is 2. The van der Waals surface area contributed by atoms with Crippen molar-refractivity contribution in [1.29, 1.82) is 0 Å². The minimum Gasteiger partial charge on any atom is -0.481 e. The predicted molar refractivity (Wildman–Crippen MR) is 383 cm³/mol. The fraction of sp³-hybridized carbons (Fsp3) is 0.254. The third kappa shape index (κ3) is 20.3. The molecule has 0 amide bonds. The lowest BCUT2D eigenvalue weighted by atomic mass is 10.1. The third-order valence-electron chi connectivity index (χ3n) is 15.6. The summed E-state index contributed by atoms with van der Waals surface area (Å²) >= 11 is 3.82. The molecular formula is C71H65F9N4O14S6. The van der Waals surface area contributed by atoms with Gasteiger partial charge in [-0.25, -0.2) is 38.8 Å². The van der Waals surface area contributed by atoms with Gasteiger partial charge in [-0.1, -0.05) is 103 Å². The van der Waals surface area contributed by atoms with E-state index in [9.17, 15) is 74.4 Å². The standard InChI is InChI=1S/C25H19F4NO5S2.C24H23F3N2O4S2.C22H23F2NO5S2/c1-14-17-5-3-4-6-21(17)36-23(14)30(13-15-7-9-16(10-8-15)35-25(2,28)29)37(33,34)22-12-19(26)18(24(31)32)11-20(22)27;1-16-14-19(28-33-16)6-5-13-35(30,31)29(23-17(2)21-7-3-4-8-22(21)34-23)15-18-9-11-20(12-10-18)32-24(25,26)27;1-15-18-6-3-4-7-19(18)31-21(15)25(32(28,29)13-5-8-20(26)27)14-16-9-11-17(12-10-16)30-22(2,23)24/h3-12H,13H2,1-2H3,(H,31,32);3-4,7-12H,1,5-6,13-15H2,2H3;3-4,6-7,9-12H,5,8,13-14H2,1-2H3,(H,26,27). The Labute approximate surface area is 604 Å². The number of nitrogens with zero attached hydrogens (tertiary/aromatic N) is 4. The van der Waals surface area contributed by atoms with Gasteiger partial charge in [-0.05, 0) is 156 Å². The molecule has 0 saturated carbocycles. The van der Waals surface area contributed by atoms with Gasteiger partial charge in [0, 0.05) is 40.8 Å².